The highest BCUT2D eigenvalue weighted by atomic mass is 32.1. The molecule has 0 aliphatic heterocycles. The summed E-state index contributed by atoms with van der Waals surface area (Å²) in [6.07, 6.45) is 5.58. The van der Waals surface area contributed by atoms with Crippen LogP contribution in [-0.2, 0) is 0 Å². The zero-order valence-electron chi connectivity index (χ0n) is 9.98. The first-order chi connectivity index (χ1) is 8.40. The highest BCUT2D eigenvalue weighted by Crippen LogP contribution is 2.29. The SMILES string of the molecule is CCCNCC=Cc1cc(-c2cccs2)cs1. The Labute approximate surface area is 111 Å². The molecule has 2 aromatic heterocycles. The van der Waals surface area contributed by atoms with Crippen LogP contribution in [-0.4, -0.2) is 13.1 Å². The summed E-state index contributed by atoms with van der Waals surface area (Å²) in [6.45, 7) is 4.23. The molecule has 0 fully saturated rings. The maximum absolute atomic E-state index is 3.36. The van der Waals surface area contributed by atoms with Gasteiger partial charge < -0.3 is 5.32 Å². The predicted octanol–water partition coefficient (Wildman–Crippen LogP) is 4.49. The molecule has 0 spiro atoms. The van der Waals surface area contributed by atoms with Gasteiger partial charge in [-0.25, -0.2) is 0 Å². The first-order valence-electron chi connectivity index (χ1n) is 5.90. The number of hydrogen-bond acceptors (Lipinski definition) is 3. The molecule has 17 heavy (non-hydrogen) atoms. The lowest BCUT2D eigenvalue weighted by Crippen LogP contribution is -2.13. The topological polar surface area (TPSA) is 12.0 Å². The molecule has 0 bridgehead atoms. The maximum atomic E-state index is 3.36. The molecule has 0 amide bonds. The molecular formula is C14H17NS2. The van der Waals surface area contributed by atoms with Crippen molar-refractivity contribution in [2.24, 2.45) is 0 Å². The van der Waals surface area contributed by atoms with E-state index in [1.165, 1.54) is 21.7 Å². The van der Waals surface area contributed by atoms with Gasteiger partial charge in [-0.15, -0.1) is 22.7 Å². The van der Waals surface area contributed by atoms with Gasteiger partial charge in [0.05, 0.1) is 0 Å². The van der Waals surface area contributed by atoms with Gasteiger partial charge in [-0.1, -0.05) is 19.1 Å². The van der Waals surface area contributed by atoms with E-state index >= 15 is 0 Å². The highest BCUT2D eigenvalue weighted by molar-refractivity contribution is 7.15. The Bertz CT molecular complexity index is 454. The van der Waals surface area contributed by atoms with E-state index in [4.69, 9.17) is 0 Å². The van der Waals surface area contributed by atoms with Crippen molar-refractivity contribution in [1.29, 1.82) is 0 Å². The third kappa shape index (κ3) is 3.80. The standard InChI is InChI=1S/C14H17NS2/c1-2-7-15-8-3-5-13-10-12(11-17-13)14-6-4-9-16-14/h3-6,9-11,15H,2,7-8H2,1H3. The lowest BCUT2D eigenvalue weighted by Gasteiger charge is -1.95. The Morgan fingerprint density at radius 1 is 1.35 bits per heavy atom. The van der Waals surface area contributed by atoms with E-state index in [0.717, 1.165) is 13.1 Å². The van der Waals surface area contributed by atoms with Gasteiger partial charge in [-0.2, -0.15) is 0 Å². The minimum absolute atomic E-state index is 0.958. The third-order valence-corrected chi connectivity index (χ3v) is 4.21. The van der Waals surface area contributed by atoms with E-state index in [1.807, 2.05) is 0 Å². The summed E-state index contributed by atoms with van der Waals surface area (Å²) in [6, 6.07) is 6.53. The molecule has 0 radical (unpaired) electrons. The number of hydrogen-bond donors (Lipinski definition) is 1. The van der Waals surface area contributed by atoms with Crippen LogP contribution in [0.15, 0.2) is 35.0 Å². The summed E-state index contributed by atoms with van der Waals surface area (Å²) in [4.78, 5) is 2.68. The van der Waals surface area contributed by atoms with Crippen molar-refractivity contribution < 1.29 is 0 Å². The third-order valence-electron chi connectivity index (χ3n) is 2.40. The Hall–Kier alpha value is -0.900. The van der Waals surface area contributed by atoms with Crippen LogP contribution in [0, 0.1) is 0 Å². The van der Waals surface area contributed by atoms with E-state index in [-0.39, 0.29) is 0 Å². The van der Waals surface area contributed by atoms with Crippen molar-refractivity contribution in [3.05, 3.63) is 39.9 Å². The molecule has 0 aliphatic rings. The van der Waals surface area contributed by atoms with Crippen LogP contribution in [0.4, 0.5) is 0 Å². The number of rotatable bonds is 6. The maximum Gasteiger partial charge on any atom is 0.0351 e. The Morgan fingerprint density at radius 2 is 2.29 bits per heavy atom. The lowest BCUT2D eigenvalue weighted by molar-refractivity contribution is 0.730. The zero-order chi connectivity index (χ0) is 11.9. The molecule has 0 unspecified atom stereocenters. The van der Waals surface area contributed by atoms with Crippen molar-refractivity contribution in [2.75, 3.05) is 13.1 Å². The summed E-state index contributed by atoms with van der Waals surface area (Å²) >= 11 is 3.60. The van der Waals surface area contributed by atoms with Crippen LogP contribution in [0.5, 0.6) is 0 Å². The minimum atomic E-state index is 0.958. The molecule has 0 saturated heterocycles. The van der Waals surface area contributed by atoms with Crippen molar-refractivity contribution in [1.82, 2.24) is 5.32 Å². The van der Waals surface area contributed by atoms with Crippen molar-refractivity contribution >= 4 is 28.7 Å². The molecular weight excluding hydrogens is 246 g/mol. The molecule has 0 saturated carbocycles. The molecule has 1 nitrogen and oxygen atoms in total. The van der Waals surface area contributed by atoms with Gasteiger partial charge in [0.25, 0.3) is 0 Å². The van der Waals surface area contributed by atoms with E-state index in [1.54, 1.807) is 22.7 Å². The summed E-state index contributed by atoms with van der Waals surface area (Å²) in [5.41, 5.74) is 1.34. The number of thiophene rings is 2. The monoisotopic (exact) mass is 263 g/mol. The second-order valence-corrected chi connectivity index (χ2v) is 5.71. The molecule has 1 N–H and O–H groups in total. The van der Waals surface area contributed by atoms with Crippen LogP contribution < -0.4 is 5.32 Å². The second kappa shape index (κ2) is 6.74. The summed E-state index contributed by atoms with van der Waals surface area (Å²) in [5, 5.41) is 7.71. The quantitative estimate of drug-likeness (QED) is 0.757. The Kier molecular flexibility index (Phi) is 4.98. The summed E-state index contributed by atoms with van der Waals surface area (Å²) in [5.74, 6) is 0. The van der Waals surface area contributed by atoms with Gasteiger partial charge in [0.15, 0.2) is 0 Å². The van der Waals surface area contributed by atoms with Crippen molar-refractivity contribution in [2.45, 2.75) is 13.3 Å². The Morgan fingerprint density at radius 3 is 3.06 bits per heavy atom. The fourth-order valence-electron chi connectivity index (χ4n) is 1.55. The minimum Gasteiger partial charge on any atom is -0.313 e. The molecule has 90 valence electrons. The summed E-state index contributed by atoms with van der Waals surface area (Å²) in [7, 11) is 0. The van der Waals surface area contributed by atoms with E-state index < -0.39 is 0 Å². The van der Waals surface area contributed by atoms with Gasteiger partial charge in [0, 0.05) is 21.9 Å². The molecule has 0 aromatic carbocycles. The fourth-order valence-corrected chi connectivity index (χ4v) is 3.17. The average molecular weight is 263 g/mol. The van der Waals surface area contributed by atoms with Gasteiger partial charge in [0.1, 0.15) is 0 Å². The summed E-state index contributed by atoms with van der Waals surface area (Å²) < 4.78 is 0. The van der Waals surface area contributed by atoms with E-state index in [9.17, 15) is 0 Å². The predicted molar refractivity (Wildman–Crippen MR) is 79.8 cm³/mol. The van der Waals surface area contributed by atoms with Gasteiger partial charge in [-0.05, 0) is 41.9 Å². The first kappa shape index (κ1) is 12.6. The van der Waals surface area contributed by atoms with Crippen LogP contribution in [0.25, 0.3) is 16.5 Å². The largest absolute Gasteiger partial charge is 0.313 e. The number of nitrogens with one attached hydrogen (secondary N) is 1. The molecule has 2 aromatic rings. The molecule has 2 heterocycles. The molecule has 2 rings (SSSR count). The van der Waals surface area contributed by atoms with Crippen molar-refractivity contribution in [3.63, 3.8) is 0 Å². The van der Waals surface area contributed by atoms with Crippen LogP contribution in [0.2, 0.25) is 0 Å². The van der Waals surface area contributed by atoms with E-state index in [0.29, 0.717) is 0 Å². The average Bonchev–Trinajstić information content (AvgIpc) is 2.99. The molecule has 3 heteroatoms. The van der Waals surface area contributed by atoms with Crippen LogP contribution in [0.3, 0.4) is 0 Å². The highest BCUT2D eigenvalue weighted by Gasteiger charge is 2.00. The van der Waals surface area contributed by atoms with E-state index in [2.05, 4.69) is 53.4 Å². The zero-order valence-corrected chi connectivity index (χ0v) is 11.6. The van der Waals surface area contributed by atoms with Gasteiger partial charge in [0.2, 0.25) is 0 Å². The molecule has 0 atom stereocenters. The smallest absolute Gasteiger partial charge is 0.0351 e. The van der Waals surface area contributed by atoms with Crippen LogP contribution in [0.1, 0.15) is 18.2 Å². The normalized spacial score (nSPS) is 11.4. The fraction of sp³-hybridized carbons (Fsp3) is 0.286. The Balaban J connectivity index is 1.90. The van der Waals surface area contributed by atoms with Crippen molar-refractivity contribution in [3.8, 4) is 10.4 Å². The van der Waals surface area contributed by atoms with Gasteiger partial charge >= 0.3 is 0 Å². The molecule has 0 aliphatic carbocycles. The lowest BCUT2D eigenvalue weighted by atomic mass is 10.2. The van der Waals surface area contributed by atoms with Crippen LogP contribution >= 0.6 is 22.7 Å². The first-order valence-corrected chi connectivity index (χ1v) is 7.65. The second-order valence-electron chi connectivity index (χ2n) is 3.82. The van der Waals surface area contributed by atoms with Gasteiger partial charge in [-0.3, -0.25) is 0 Å².